The molecule has 0 aliphatic carbocycles. The predicted molar refractivity (Wildman–Crippen MR) is 114 cm³/mol. The van der Waals surface area contributed by atoms with E-state index in [0.717, 1.165) is 5.69 Å². The van der Waals surface area contributed by atoms with Gasteiger partial charge >= 0.3 is 0 Å². The molecule has 0 spiro atoms. The molecule has 0 aromatic heterocycles. The van der Waals surface area contributed by atoms with Crippen molar-refractivity contribution in [2.24, 2.45) is 5.73 Å². The monoisotopic (exact) mass is 428 g/mol. The van der Waals surface area contributed by atoms with E-state index in [0.29, 0.717) is 43.1 Å². The molecular weight excluding hydrogens is 403 g/mol. The molecule has 31 heavy (non-hydrogen) atoms. The number of carbonyl (C=O) groups is 3. The van der Waals surface area contributed by atoms with E-state index in [2.05, 4.69) is 10.2 Å². The van der Waals surface area contributed by atoms with Crippen LogP contribution in [0.4, 0.5) is 10.1 Å². The van der Waals surface area contributed by atoms with Gasteiger partial charge in [-0.1, -0.05) is 6.07 Å². The highest BCUT2D eigenvalue weighted by molar-refractivity contribution is 5.96. The van der Waals surface area contributed by atoms with Crippen molar-refractivity contribution in [2.75, 3.05) is 50.9 Å². The number of amides is 3. The standard InChI is InChI=1S/C22H25FN4O4/c23-8-13-31-19-3-1-2-17(14-19)22(30)25-15-20(28)27-11-9-26(10-12-27)18-6-4-16(5-7-18)21(24)29/h1-7,14H,8-13,15H2,(H2,24,29)(H,25,30). The van der Waals surface area contributed by atoms with Crippen molar-refractivity contribution in [1.82, 2.24) is 10.2 Å². The van der Waals surface area contributed by atoms with Crippen LogP contribution in [0.25, 0.3) is 0 Å². The number of nitrogens with two attached hydrogens (primary N) is 1. The van der Waals surface area contributed by atoms with Crippen LogP contribution < -0.4 is 20.7 Å². The lowest BCUT2D eigenvalue weighted by Gasteiger charge is -2.36. The van der Waals surface area contributed by atoms with Crippen molar-refractivity contribution < 1.29 is 23.5 Å². The maximum Gasteiger partial charge on any atom is 0.251 e. The van der Waals surface area contributed by atoms with Gasteiger partial charge in [-0.2, -0.15) is 0 Å². The molecule has 0 bridgehead atoms. The van der Waals surface area contributed by atoms with E-state index in [1.54, 1.807) is 35.2 Å². The number of carbonyl (C=O) groups excluding carboxylic acids is 3. The van der Waals surface area contributed by atoms with Gasteiger partial charge in [0.2, 0.25) is 11.8 Å². The molecular formula is C22H25FN4O4. The number of hydrogen-bond donors (Lipinski definition) is 2. The number of anilines is 1. The molecule has 3 amide bonds. The van der Waals surface area contributed by atoms with Crippen molar-refractivity contribution in [3.8, 4) is 5.75 Å². The molecule has 1 aliphatic heterocycles. The minimum atomic E-state index is -0.614. The molecule has 1 aliphatic rings. The first kappa shape index (κ1) is 22.1. The van der Waals surface area contributed by atoms with Gasteiger partial charge in [0.1, 0.15) is 19.0 Å². The maximum absolute atomic E-state index is 12.5. The Labute approximate surface area is 179 Å². The van der Waals surface area contributed by atoms with Gasteiger partial charge < -0.3 is 25.6 Å². The summed E-state index contributed by atoms with van der Waals surface area (Å²) in [5.41, 5.74) is 7.01. The van der Waals surface area contributed by atoms with Crippen LogP contribution in [-0.2, 0) is 4.79 Å². The maximum atomic E-state index is 12.5. The SMILES string of the molecule is NC(=O)c1ccc(N2CCN(C(=O)CNC(=O)c3cccc(OCCF)c3)CC2)cc1. The van der Waals surface area contributed by atoms with E-state index in [-0.39, 0.29) is 19.1 Å². The third kappa shape index (κ3) is 5.94. The van der Waals surface area contributed by atoms with Gasteiger partial charge in [-0.15, -0.1) is 0 Å². The van der Waals surface area contributed by atoms with E-state index in [1.807, 2.05) is 12.1 Å². The van der Waals surface area contributed by atoms with Crippen molar-refractivity contribution in [2.45, 2.75) is 0 Å². The molecule has 9 heteroatoms. The van der Waals surface area contributed by atoms with Gasteiger partial charge in [-0.25, -0.2) is 4.39 Å². The zero-order valence-corrected chi connectivity index (χ0v) is 17.1. The normalized spacial score (nSPS) is 13.6. The van der Waals surface area contributed by atoms with Crippen molar-refractivity contribution in [3.63, 3.8) is 0 Å². The third-order valence-corrected chi connectivity index (χ3v) is 4.99. The van der Waals surface area contributed by atoms with Gasteiger partial charge in [0.05, 0.1) is 6.54 Å². The van der Waals surface area contributed by atoms with Crippen LogP contribution in [0.5, 0.6) is 5.75 Å². The summed E-state index contributed by atoms with van der Waals surface area (Å²) in [7, 11) is 0. The Morgan fingerprint density at radius 2 is 1.71 bits per heavy atom. The molecule has 0 atom stereocenters. The van der Waals surface area contributed by atoms with Crippen LogP contribution in [0.15, 0.2) is 48.5 Å². The Hall–Kier alpha value is -3.62. The number of piperazine rings is 1. The average molecular weight is 428 g/mol. The van der Waals surface area contributed by atoms with E-state index in [4.69, 9.17) is 10.5 Å². The van der Waals surface area contributed by atoms with Gasteiger partial charge in [-0.3, -0.25) is 14.4 Å². The van der Waals surface area contributed by atoms with Crippen LogP contribution >= 0.6 is 0 Å². The van der Waals surface area contributed by atoms with Gasteiger partial charge in [-0.05, 0) is 42.5 Å². The van der Waals surface area contributed by atoms with E-state index < -0.39 is 18.5 Å². The number of nitrogens with one attached hydrogen (secondary N) is 1. The Kier molecular flexibility index (Phi) is 7.42. The number of nitrogens with zero attached hydrogens (tertiary/aromatic N) is 2. The number of primary amides is 1. The lowest BCUT2D eigenvalue weighted by Crippen LogP contribution is -2.51. The molecule has 1 fully saturated rings. The summed E-state index contributed by atoms with van der Waals surface area (Å²) in [5, 5.41) is 2.62. The number of halogens is 1. The molecule has 164 valence electrons. The number of hydrogen-bond acceptors (Lipinski definition) is 5. The van der Waals surface area contributed by atoms with Crippen LogP contribution in [0.1, 0.15) is 20.7 Å². The first-order valence-corrected chi connectivity index (χ1v) is 9.97. The first-order valence-electron chi connectivity index (χ1n) is 9.97. The molecule has 8 nitrogen and oxygen atoms in total. The summed E-state index contributed by atoms with van der Waals surface area (Å²) in [6.07, 6.45) is 0. The Balaban J connectivity index is 1.46. The Bertz CT molecular complexity index is 927. The minimum Gasteiger partial charge on any atom is -0.491 e. The highest BCUT2D eigenvalue weighted by atomic mass is 19.1. The second kappa shape index (κ2) is 10.4. The molecule has 0 unspecified atom stereocenters. The summed E-state index contributed by atoms with van der Waals surface area (Å²) >= 11 is 0. The molecule has 2 aromatic rings. The first-order chi connectivity index (χ1) is 15.0. The van der Waals surface area contributed by atoms with Crippen molar-refractivity contribution in [3.05, 3.63) is 59.7 Å². The quantitative estimate of drug-likeness (QED) is 0.658. The fourth-order valence-electron chi connectivity index (χ4n) is 3.30. The van der Waals surface area contributed by atoms with Gasteiger partial charge in [0, 0.05) is 43.0 Å². The van der Waals surface area contributed by atoms with Crippen LogP contribution in [-0.4, -0.2) is 68.6 Å². The average Bonchev–Trinajstić information content (AvgIpc) is 2.81. The van der Waals surface area contributed by atoms with Crippen molar-refractivity contribution in [1.29, 1.82) is 0 Å². The van der Waals surface area contributed by atoms with Crippen molar-refractivity contribution >= 4 is 23.4 Å². The highest BCUT2D eigenvalue weighted by Crippen LogP contribution is 2.17. The van der Waals surface area contributed by atoms with Crippen LogP contribution in [0.3, 0.4) is 0 Å². The Morgan fingerprint density at radius 3 is 2.35 bits per heavy atom. The fraction of sp³-hybridized carbons (Fsp3) is 0.318. The van der Waals surface area contributed by atoms with Crippen LogP contribution in [0, 0.1) is 0 Å². The number of benzene rings is 2. The summed E-state index contributed by atoms with van der Waals surface area (Å²) < 4.78 is 17.4. The molecule has 3 rings (SSSR count). The lowest BCUT2D eigenvalue weighted by molar-refractivity contribution is -0.130. The lowest BCUT2D eigenvalue weighted by atomic mass is 10.1. The highest BCUT2D eigenvalue weighted by Gasteiger charge is 2.22. The van der Waals surface area contributed by atoms with E-state index in [9.17, 15) is 18.8 Å². The smallest absolute Gasteiger partial charge is 0.251 e. The van der Waals surface area contributed by atoms with E-state index in [1.165, 1.54) is 6.07 Å². The third-order valence-electron chi connectivity index (χ3n) is 4.99. The fourth-order valence-corrected chi connectivity index (χ4v) is 3.30. The summed E-state index contributed by atoms with van der Waals surface area (Å²) in [6.45, 7) is 1.54. The molecule has 2 aromatic carbocycles. The zero-order valence-electron chi connectivity index (χ0n) is 17.1. The van der Waals surface area contributed by atoms with Gasteiger partial charge in [0.25, 0.3) is 5.91 Å². The molecule has 3 N–H and O–H groups in total. The summed E-state index contributed by atoms with van der Waals surface area (Å²) in [6, 6.07) is 13.4. The second-order valence-corrected chi connectivity index (χ2v) is 7.03. The summed E-state index contributed by atoms with van der Waals surface area (Å²) in [5.74, 6) is -0.631. The Morgan fingerprint density at radius 1 is 1.00 bits per heavy atom. The van der Waals surface area contributed by atoms with Gasteiger partial charge in [0.15, 0.2) is 0 Å². The largest absolute Gasteiger partial charge is 0.491 e. The topological polar surface area (TPSA) is 105 Å². The van der Waals surface area contributed by atoms with Crippen LogP contribution in [0.2, 0.25) is 0 Å². The number of alkyl halides is 1. The predicted octanol–water partition coefficient (Wildman–Crippen LogP) is 1.21. The molecule has 0 radical (unpaired) electrons. The number of rotatable bonds is 8. The second-order valence-electron chi connectivity index (χ2n) is 7.03. The minimum absolute atomic E-state index is 0.0785. The molecule has 0 saturated carbocycles. The zero-order chi connectivity index (χ0) is 22.2. The number of ether oxygens (including phenoxy) is 1. The molecule has 1 heterocycles. The molecule has 1 saturated heterocycles. The van der Waals surface area contributed by atoms with E-state index >= 15 is 0 Å². The summed E-state index contributed by atoms with van der Waals surface area (Å²) in [4.78, 5) is 39.8.